The van der Waals surface area contributed by atoms with E-state index in [2.05, 4.69) is 10.6 Å². The van der Waals surface area contributed by atoms with Crippen LogP contribution in [0, 0.1) is 0 Å². The summed E-state index contributed by atoms with van der Waals surface area (Å²) in [5, 5.41) is 4.99. The van der Waals surface area contributed by atoms with Gasteiger partial charge in [0.2, 0.25) is 5.91 Å². The molecule has 3 amide bonds. The topological polar surface area (TPSA) is 104 Å². The van der Waals surface area contributed by atoms with Crippen LogP contribution in [0.1, 0.15) is 26.7 Å². The third kappa shape index (κ3) is 5.82. The van der Waals surface area contributed by atoms with Crippen molar-refractivity contribution >= 4 is 27.6 Å². The van der Waals surface area contributed by atoms with Gasteiger partial charge in [-0.1, -0.05) is 13.3 Å². The van der Waals surface area contributed by atoms with Crippen molar-refractivity contribution in [2.75, 3.05) is 11.9 Å². The van der Waals surface area contributed by atoms with Gasteiger partial charge in [0.1, 0.15) is 0 Å². The minimum Gasteiger partial charge on any atom is -0.337 e. The van der Waals surface area contributed by atoms with Crippen LogP contribution in [0.2, 0.25) is 0 Å². The first kappa shape index (κ1) is 17.0. The van der Waals surface area contributed by atoms with Gasteiger partial charge in [0.15, 0.2) is 0 Å². The van der Waals surface area contributed by atoms with E-state index in [9.17, 15) is 18.0 Å². The number of urea groups is 1. The van der Waals surface area contributed by atoms with Crippen LogP contribution in [0.3, 0.4) is 0 Å². The van der Waals surface area contributed by atoms with E-state index in [0.717, 1.165) is 12.8 Å². The van der Waals surface area contributed by atoms with Gasteiger partial charge in [-0.25, -0.2) is 17.9 Å². The summed E-state index contributed by atoms with van der Waals surface area (Å²) in [6, 6.07) is 4.77. The normalized spacial score (nSPS) is 10.8. The first-order valence-corrected chi connectivity index (χ1v) is 8.02. The zero-order chi connectivity index (χ0) is 15.9. The third-order valence-electron chi connectivity index (χ3n) is 2.53. The number of hydrogen-bond donors (Lipinski definition) is 3. The Bertz CT molecular complexity index is 596. The van der Waals surface area contributed by atoms with Crippen LogP contribution < -0.4 is 15.4 Å². The molecule has 0 fully saturated rings. The first-order valence-electron chi connectivity index (χ1n) is 6.53. The van der Waals surface area contributed by atoms with E-state index in [-0.39, 0.29) is 10.8 Å². The van der Waals surface area contributed by atoms with Gasteiger partial charge in [0.05, 0.1) is 4.90 Å². The van der Waals surface area contributed by atoms with Crippen molar-refractivity contribution in [2.24, 2.45) is 0 Å². The van der Waals surface area contributed by atoms with Crippen molar-refractivity contribution in [3.63, 3.8) is 0 Å². The summed E-state index contributed by atoms with van der Waals surface area (Å²) in [6.45, 7) is 3.74. The van der Waals surface area contributed by atoms with E-state index in [1.807, 2.05) is 11.6 Å². The summed E-state index contributed by atoms with van der Waals surface area (Å²) < 4.78 is 25.8. The Morgan fingerprint density at radius 2 is 1.76 bits per heavy atom. The van der Waals surface area contributed by atoms with Crippen LogP contribution in [0.5, 0.6) is 0 Å². The zero-order valence-electron chi connectivity index (χ0n) is 12.0. The summed E-state index contributed by atoms with van der Waals surface area (Å²) in [6.07, 6.45) is 1.68. The van der Waals surface area contributed by atoms with E-state index in [0.29, 0.717) is 12.2 Å². The Balaban J connectivity index is 2.69. The number of carbonyl (C=O) groups excluding carboxylic acids is 2. The number of amides is 3. The van der Waals surface area contributed by atoms with Gasteiger partial charge >= 0.3 is 6.03 Å². The van der Waals surface area contributed by atoms with Crippen molar-refractivity contribution in [3.8, 4) is 0 Å². The number of carbonyl (C=O) groups is 2. The van der Waals surface area contributed by atoms with Crippen LogP contribution in [-0.4, -0.2) is 26.9 Å². The summed E-state index contributed by atoms with van der Waals surface area (Å²) >= 11 is 0. The zero-order valence-corrected chi connectivity index (χ0v) is 12.8. The molecule has 0 saturated carbocycles. The SMILES string of the molecule is CCCCNC(=O)NS(=O)(=O)c1ccc(NC(C)=O)cc1. The Morgan fingerprint density at radius 3 is 2.29 bits per heavy atom. The van der Waals surface area contributed by atoms with Crippen LogP contribution in [0.4, 0.5) is 10.5 Å². The second-order valence-corrected chi connectivity index (χ2v) is 6.10. The minimum absolute atomic E-state index is 0.0535. The maximum atomic E-state index is 11.9. The molecular weight excluding hydrogens is 294 g/mol. The number of hydrogen-bond acceptors (Lipinski definition) is 4. The molecule has 21 heavy (non-hydrogen) atoms. The third-order valence-corrected chi connectivity index (χ3v) is 3.87. The Hall–Kier alpha value is -2.09. The van der Waals surface area contributed by atoms with Gasteiger partial charge in [-0.05, 0) is 30.7 Å². The van der Waals surface area contributed by atoms with E-state index >= 15 is 0 Å². The van der Waals surface area contributed by atoms with Crippen LogP contribution in [0.25, 0.3) is 0 Å². The molecule has 1 aromatic carbocycles. The Morgan fingerprint density at radius 1 is 1.14 bits per heavy atom. The van der Waals surface area contributed by atoms with Gasteiger partial charge in [-0.3, -0.25) is 4.79 Å². The Kier molecular flexibility index (Phi) is 6.16. The van der Waals surface area contributed by atoms with Crippen LogP contribution in [0.15, 0.2) is 29.2 Å². The molecule has 1 rings (SSSR count). The van der Waals surface area contributed by atoms with Crippen molar-refractivity contribution in [1.82, 2.24) is 10.0 Å². The van der Waals surface area contributed by atoms with Crippen molar-refractivity contribution in [1.29, 1.82) is 0 Å². The molecule has 0 atom stereocenters. The van der Waals surface area contributed by atoms with E-state index < -0.39 is 16.1 Å². The smallest absolute Gasteiger partial charge is 0.328 e. The molecule has 7 nitrogen and oxygen atoms in total. The molecule has 3 N–H and O–H groups in total. The molecule has 0 spiro atoms. The predicted octanol–water partition coefficient (Wildman–Crippen LogP) is 1.43. The van der Waals surface area contributed by atoms with Crippen LogP contribution in [-0.2, 0) is 14.8 Å². The molecule has 0 aliphatic carbocycles. The van der Waals surface area contributed by atoms with Crippen LogP contribution >= 0.6 is 0 Å². The fourth-order valence-electron chi connectivity index (χ4n) is 1.52. The summed E-state index contributed by atoms with van der Waals surface area (Å²) in [7, 11) is -3.92. The molecular formula is C13H19N3O4S. The monoisotopic (exact) mass is 313 g/mol. The molecule has 0 heterocycles. The number of sulfonamides is 1. The number of anilines is 1. The van der Waals surface area contributed by atoms with E-state index in [1.165, 1.54) is 31.2 Å². The molecule has 1 aromatic rings. The highest BCUT2D eigenvalue weighted by Gasteiger charge is 2.17. The van der Waals surface area contributed by atoms with Gasteiger partial charge in [-0.2, -0.15) is 0 Å². The highest BCUT2D eigenvalue weighted by molar-refractivity contribution is 7.90. The van der Waals surface area contributed by atoms with Crippen molar-refractivity contribution in [2.45, 2.75) is 31.6 Å². The number of nitrogens with one attached hydrogen (secondary N) is 3. The van der Waals surface area contributed by atoms with Gasteiger partial charge in [0, 0.05) is 19.2 Å². The molecule has 116 valence electrons. The Labute approximate surface area is 124 Å². The second kappa shape index (κ2) is 7.63. The molecule has 0 aliphatic heterocycles. The van der Waals surface area contributed by atoms with Crippen molar-refractivity contribution < 1.29 is 18.0 Å². The lowest BCUT2D eigenvalue weighted by molar-refractivity contribution is -0.114. The van der Waals surface area contributed by atoms with E-state index in [4.69, 9.17) is 0 Å². The average molecular weight is 313 g/mol. The number of rotatable bonds is 6. The maximum Gasteiger partial charge on any atom is 0.328 e. The molecule has 0 unspecified atom stereocenters. The summed E-state index contributed by atoms with van der Waals surface area (Å²) in [5.74, 6) is -0.251. The maximum absolute atomic E-state index is 11.9. The second-order valence-electron chi connectivity index (χ2n) is 4.42. The fraction of sp³-hybridized carbons (Fsp3) is 0.385. The first-order chi connectivity index (χ1) is 9.85. The highest BCUT2D eigenvalue weighted by atomic mass is 32.2. The number of unbranched alkanes of at least 4 members (excludes halogenated alkanes) is 1. The lowest BCUT2D eigenvalue weighted by atomic mass is 10.3. The molecule has 0 bridgehead atoms. The highest BCUT2D eigenvalue weighted by Crippen LogP contribution is 2.13. The van der Waals surface area contributed by atoms with Gasteiger partial charge < -0.3 is 10.6 Å². The molecule has 0 saturated heterocycles. The standard InChI is InChI=1S/C13H19N3O4S/c1-3-4-9-14-13(18)16-21(19,20)12-7-5-11(6-8-12)15-10(2)17/h5-8H,3-4,9H2,1-2H3,(H,15,17)(H2,14,16,18). The lowest BCUT2D eigenvalue weighted by Gasteiger charge is -2.09. The largest absolute Gasteiger partial charge is 0.337 e. The molecule has 0 radical (unpaired) electrons. The van der Waals surface area contributed by atoms with Gasteiger partial charge in [0.25, 0.3) is 10.0 Å². The number of benzene rings is 1. The van der Waals surface area contributed by atoms with Crippen molar-refractivity contribution in [3.05, 3.63) is 24.3 Å². The summed E-state index contributed by atoms with van der Waals surface area (Å²) in [4.78, 5) is 22.3. The van der Waals surface area contributed by atoms with E-state index in [1.54, 1.807) is 0 Å². The molecule has 0 aromatic heterocycles. The average Bonchev–Trinajstić information content (AvgIpc) is 2.38. The quantitative estimate of drug-likeness (QED) is 0.691. The van der Waals surface area contributed by atoms with Gasteiger partial charge in [-0.15, -0.1) is 0 Å². The lowest BCUT2D eigenvalue weighted by Crippen LogP contribution is -2.39. The minimum atomic E-state index is -3.92. The molecule has 0 aliphatic rings. The fourth-order valence-corrected chi connectivity index (χ4v) is 2.44. The summed E-state index contributed by atoms with van der Waals surface area (Å²) in [5.41, 5.74) is 0.480. The molecule has 8 heteroatoms. The predicted molar refractivity (Wildman–Crippen MR) is 79.4 cm³/mol.